The van der Waals surface area contributed by atoms with Gasteiger partial charge in [-0.3, -0.25) is 10.1 Å². The van der Waals surface area contributed by atoms with Crippen molar-refractivity contribution in [3.05, 3.63) is 28.5 Å². The van der Waals surface area contributed by atoms with Crippen molar-refractivity contribution in [2.75, 3.05) is 24.6 Å². The second kappa shape index (κ2) is 6.92. The van der Waals surface area contributed by atoms with Crippen LogP contribution in [0.2, 0.25) is 0 Å². The van der Waals surface area contributed by atoms with Gasteiger partial charge < -0.3 is 4.90 Å². The summed E-state index contributed by atoms with van der Waals surface area (Å²) in [6, 6.07) is 3.92. The summed E-state index contributed by atoms with van der Waals surface area (Å²) in [6.45, 7) is 1.83. The van der Waals surface area contributed by atoms with Crippen molar-refractivity contribution < 1.29 is 4.79 Å². The molecule has 6 heteroatoms. The molecule has 1 aromatic rings. The van der Waals surface area contributed by atoms with Crippen LogP contribution in [0, 0.1) is 0 Å². The van der Waals surface area contributed by atoms with Gasteiger partial charge in [0, 0.05) is 35.5 Å². The normalized spacial score (nSPS) is 15.9. The fourth-order valence-electron chi connectivity index (χ4n) is 1.54. The first-order chi connectivity index (χ1) is 8.75. The predicted octanol–water partition coefficient (Wildman–Crippen LogP) is 2.21. The molecular formula is C12H14N2OS3. The van der Waals surface area contributed by atoms with Gasteiger partial charge in [-0.25, -0.2) is 0 Å². The van der Waals surface area contributed by atoms with E-state index in [2.05, 4.69) is 5.32 Å². The van der Waals surface area contributed by atoms with Crippen molar-refractivity contribution in [2.24, 2.45) is 0 Å². The Kier molecular flexibility index (Phi) is 5.22. The molecule has 1 saturated heterocycles. The summed E-state index contributed by atoms with van der Waals surface area (Å²) >= 11 is 8.73. The molecule has 0 radical (unpaired) electrons. The van der Waals surface area contributed by atoms with Gasteiger partial charge in [0.25, 0.3) is 0 Å². The van der Waals surface area contributed by atoms with E-state index in [1.807, 2.05) is 34.2 Å². The molecule has 1 fully saturated rings. The van der Waals surface area contributed by atoms with Crippen LogP contribution in [0.4, 0.5) is 0 Å². The molecule has 96 valence electrons. The van der Waals surface area contributed by atoms with Crippen LogP contribution in [0.15, 0.2) is 23.6 Å². The highest BCUT2D eigenvalue weighted by molar-refractivity contribution is 7.99. The Morgan fingerprint density at radius 3 is 2.89 bits per heavy atom. The third-order valence-electron chi connectivity index (χ3n) is 2.47. The zero-order valence-electron chi connectivity index (χ0n) is 9.80. The van der Waals surface area contributed by atoms with Crippen LogP contribution < -0.4 is 5.32 Å². The molecule has 2 heterocycles. The Hall–Kier alpha value is -0.850. The minimum atomic E-state index is -0.161. The molecule has 2 rings (SSSR count). The smallest absolute Gasteiger partial charge is 0.250 e. The lowest BCUT2D eigenvalue weighted by Gasteiger charge is -2.28. The molecule has 18 heavy (non-hydrogen) atoms. The Bertz CT molecular complexity index is 436. The fourth-order valence-corrected chi connectivity index (χ4v) is 3.34. The minimum Gasteiger partial charge on any atom is -0.347 e. The third kappa shape index (κ3) is 4.12. The molecule has 1 amide bonds. The highest BCUT2D eigenvalue weighted by Gasteiger charge is 2.14. The molecule has 1 aliphatic heterocycles. The monoisotopic (exact) mass is 298 g/mol. The van der Waals surface area contributed by atoms with Crippen LogP contribution >= 0.6 is 35.3 Å². The van der Waals surface area contributed by atoms with Gasteiger partial charge in [0.1, 0.15) is 0 Å². The number of carbonyl (C=O) groups excluding carboxylic acids is 1. The largest absolute Gasteiger partial charge is 0.347 e. The van der Waals surface area contributed by atoms with Crippen molar-refractivity contribution in [1.82, 2.24) is 10.2 Å². The van der Waals surface area contributed by atoms with E-state index in [1.165, 1.54) is 6.08 Å². The number of rotatable bonds is 2. The van der Waals surface area contributed by atoms with Crippen LogP contribution in [0.1, 0.15) is 4.88 Å². The average molecular weight is 298 g/mol. The second-order valence-electron chi connectivity index (χ2n) is 3.74. The number of nitrogens with zero attached hydrogens (tertiary/aromatic N) is 1. The Morgan fingerprint density at radius 1 is 1.44 bits per heavy atom. The quantitative estimate of drug-likeness (QED) is 0.670. The predicted molar refractivity (Wildman–Crippen MR) is 83.0 cm³/mol. The number of nitrogens with one attached hydrogen (secondary N) is 1. The highest BCUT2D eigenvalue weighted by Crippen LogP contribution is 2.10. The maximum atomic E-state index is 11.7. The van der Waals surface area contributed by atoms with E-state index in [-0.39, 0.29) is 5.91 Å². The summed E-state index contributed by atoms with van der Waals surface area (Å²) in [4.78, 5) is 14.8. The SMILES string of the molecule is O=C(/C=C/c1cccs1)NC(=S)N1CCSCC1. The zero-order valence-corrected chi connectivity index (χ0v) is 12.2. The maximum Gasteiger partial charge on any atom is 0.250 e. The van der Waals surface area contributed by atoms with Crippen molar-refractivity contribution in [3.63, 3.8) is 0 Å². The first-order valence-corrected chi connectivity index (χ1v) is 8.09. The van der Waals surface area contributed by atoms with E-state index >= 15 is 0 Å². The van der Waals surface area contributed by atoms with Gasteiger partial charge >= 0.3 is 0 Å². The number of carbonyl (C=O) groups is 1. The van der Waals surface area contributed by atoms with Crippen LogP contribution in [-0.4, -0.2) is 40.5 Å². The minimum absolute atomic E-state index is 0.161. The lowest BCUT2D eigenvalue weighted by atomic mass is 10.4. The van der Waals surface area contributed by atoms with Crippen molar-refractivity contribution in [1.29, 1.82) is 0 Å². The maximum absolute atomic E-state index is 11.7. The lowest BCUT2D eigenvalue weighted by molar-refractivity contribution is -0.115. The molecule has 0 atom stereocenters. The summed E-state index contributed by atoms with van der Waals surface area (Å²) in [5.41, 5.74) is 0. The fraction of sp³-hybridized carbons (Fsp3) is 0.333. The van der Waals surface area contributed by atoms with Gasteiger partial charge in [-0.05, 0) is 29.7 Å². The average Bonchev–Trinajstić information content (AvgIpc) is 2.90. The van der Waals surface area contributed by atoms with E-state index in [0.29, 0.717) is 5.11 Å². The summed E-state index contributed by atoms with van der Waals surface area (Å²) in [6.07, 6.45) is 3.32. The zero-order chi connectivity index (χ0) is 12.8. The number of hydrogen-bond donors (Lipinski definition) is 1. The Balaban J connectivity index is 1.81. The Morgan fingerprint density at radius 2 is 2.22 bits per heavy atom. The van der Waals surface area contributed by atoms with Gasteiger partial charge in [-0.15, -0.1) is 11.3 Å². The summed E-state index contributed by atoms with van der Waals surface area (Å²) in [5.74, 6) is 1.98. The van der Waals surface area contributed by atoms with Crippen molar-refractivity contribution >= 4 is 52.4 Å². The van der Waals surface area contributed by atoms with E-state index in [0.717, 1.165) is 29.5 Å². The molecule has 1 aromatic heterocycles. The van der Waals surface area contributed by atoms with Gasteiger partial charge in [0.05, 0.1) is 0 Å². The molecule has 0 saturated carbocycles. The molecule has 0 aliphatic carbocycles. The van der Waals surface area contributed by atoms with Gasteiger partial charge in [0.15, 0.2) is 5.11 Å². The topological polar surface area (TPSA) is 32.3 Å². The van der Waals surface area contributed by atoms with Crippen molar-refractivity contribution in [2.45, 2.75) is 0 Å². The second-order valence-corrected chi connectivity index (χ2v) is 6.33. The molecule has 3 nitrogen and oxygen atoms in total. The van der Waals surface area contributed by atoms with Crippen LogP contribution in [0.25, 0.3) is 6.08 Å². The first kappa shape index (κ1) is 13.6. The first-order valence-electron chi connectivity index (χ1n) is 5.65. The highest BCUT2D eigenvalue weighted by atomic mass is 32.2. The van der Waals surface area contributed by atoms with E-state index in [9.17, 15) is 4.79 Å². The molecule has 0 bridgehead atoms. The number of amides is 1. The Labute approximate surface area is 120 Å². The van der Waals surface area contributed by atoms with E-state index in [4.69, 9.17) is 12.2 Å². The van der Waals surface area contributed by atoms with E-state index < -0.39 is 0 Å². The number of thiophene rings is 1. The van der Waals surface area contributed by atoms with Gasteiger partial charge in [-0.2, -0.15) is 11.8 Å². The third-order valence-corrected chi connectivity index (χ3v) is 4.61. The molecule has 0 aromatic carbocycles. The molecule has 1 N–H and O–H groups in total. The molecule has 1 aliphatic rings. The molecular weight excluding hydrogens is 284 g/mol. The summed E-state index contributed by atoms with van der Waals surface area (Å²) in [7, 11) is 0. The van der Waals surface area contributed by atoms with Gasteiger partial charge in [-0.1, -0.05) is 6.07 Å². The molecule has 0 spiro atoms. The van der Waals surface area contributed by atoms with Crippen molar-refractivity contribution in [3.8, 4) is 0 Å². The van der Waals surface area contributed by atoms with Crippen LogP contribution in [0.3, 0.4) is 0 Å². The van der Waals surface area contributed by atoms with Gasteiger partial charge in [0.2, 0.25) is 5.91 Å². The summed E-state index contributed by atoms with van der Waals surface area (Å²) in [5, 5.41) is 5.26. The number of thiocarbonyl (C=S) groups is 1. The van der Waals surface area contributed by atoms with Crippen LogP contribution in [0.5, 0.6) is 0 Å². The standard InChI is InChI=1S/C12H14N2OS3/c15-11(4-3-10-2-1-7-18-10)13-12(16)14-5-8-17-9-6-14/h1-4,7H,5-6,8-9H2,(H,13,15,16)/b4-3+. The summed E-state index contributed by atoms with van der Waals surface area (Å²) < 4.78 is 0. The number of hydrogen-bond acceptors (Lipinski definition) is 4. The van der Waals surface area contributed by atoms with Crippen LogP contribution in [-0.2, 0) is 4.79 Å². The molecule has 0 unspecified atom stereocenters. The lowest BCUT2D eigenvalue weighted by Crippen LogP contribution is -2.45. The number of thioether (sulfide) groups is 1. The van der Waals surface area contributed by atoms with E-state index in [1.54, 1.807) is 17.4 Å².